The van der Waals surface area contributed by atoms with Gasteiger partial charge in [0.05, 0.1) is 19.3 Å². The van der Waals surface area contributed by atoms with Crippen LogP contribution in [0, 0.1) is 5.41 Å². The Labute approximate surface area is 217 Å². The van der Waals surface area contributed by atoms with Crippen molar-refractivity contribution in [2.45, 2.75) is 72.4 Å². The molecule has 1 aliphatic carbocycles. The SMILES string of the molecule is C=CC(=O)C1=CCCC[C@@]1(C)[C@@H](OCc1ccccc1)[C@H](OCc1ccccc1)C(C(=C)C)=C(C)C. The molecule has 3 heteroatoms. The highest BCUT2D eigenvalue weighted by atomic mass is 16.5. The van der Waals surface area contributed by atoms with Gasteiger partial charge in [-0.2, -0.15) is 0 Å². The van der Waals surface area contributed by atoms with Crippen molar-refractivity contribution in [2.24, 2.45) is 5.41 Å². The molecule has 1 aliphatic rings. The van der Waals surface area contributed by atoms with Gasteiger partial charge in [-0.3, -0.25) is 4.79 Å². The van der Waals surface area contributed by atoms with E-state index >= 15 is 0 Å². The summed E-state index contributed by atoms with van der Waals surface area (Å²) >= 11 is 0. The third kappa shape index (κ3) is 6.60. The first kappa shape index (κ1) is 27.6. The summed E-state index contributed by atoms with van der Waals surface area (Å²) in [6.07, 6.45) is 5.38. The number of allylic oxidation sites excluding steroid dienone is 3. The van der Waals surface area contributed by atoms with Crippen LogP contribution < -0.4 is 0 Å². The van der Waals surface area contributed by atoms with Crippen LogP contribution in [0.4, 0.5) is 0 Å². The van der Waals surface area contributed by atoms with E-state index in [1.807, 2.05) is 43.3 Å². The lowest BCUT2D eigenvalue weighted by Gasteiger charge is -2.45. The van der Waals surface area contributed by atoms with E-state index in [-0.39, 0.29) is 5.78 Å². The van der Waals surface area contributed by atoms with E-state index in [1.54, 1.807) is 0 Å². The maximum atomic E-state index is 13.1. The van der Waals surface area contributed by atoms with Crippen molar-refractivity contribution >= 4 is 5.78 Å². The zero-order valence-electron chi connectivity index (χ0n) is 22.3. The van der Waals surface area contributed by atoms with Gasteiger partial charge >= 0.3 is 0 Å². The quantitative estimate of drug-likeness (QED) is 0.227. The fourth-order valence-electron chi connectivity index (χ4n) is 5.27. The molecule has 0 saturated carbocycles. The molecule has 190 valence electrons. The highest BCUT2D eigenvalue weighted by Crippen LogP contribution is 2.46. The molecule has 0 radical (unpaired) electrons. The summed E-state index contributed by atoms with van der Waals surface area (Å²) in [5.74, 6) is -0.0404. The van der Waals surface area contributed by atoms with Gasteiger partial charge in [-0.25, -0.2) is 0 Å². The minimum absolute atomic E-state index is 0.0404. The number of ether oxygens (including phenoxy) is 2. The molecule has 0 bridgehead atoms. The minimum Gasteiger partial charge on any atom is -0.370 e. The van der Waals surface area contributed by atoms with E-state index in [1.165, 1.54) is 6.08 Å². The van der Waals surface area contributed by atoms with Crippen LogP contribution in [0.1, 0.15) is 58.1 Å². The van der Waals surface area contributed by atoms with Gasteiger partial charge in [0.1, 0.15) is 6.10 Å². The molecular formula is C33H40O3. The highest BCUT2D eigenvalue weighted by Gasteiger charge is 2.47. The molecule has 3 nitrogen and oxygen atoms in total. The second kappa shape index (κ2) is 12.8. The predicted molar refractivity (Wildman–Crippen MR) is 148 cm³/mol. The minimum atomic E-state index is -0.546. The Bertz CT molecular complexity index is 1110. The standard InChI is InChI=1S/C33H40O3/c1-7-29(34)28-20-14-15-21-33(28,6)32(36-23-27-18-12-9-13-19-27)31(30(24(2)3)25(4)5)35-22-26-16-10-8-11-17-26/h7-13,16-20,31-32H,1-2,14-15,21-23H2,3-6H3/t31-,32+,33-/m1/s1. The van der Waals surface area contributed by atoms with Gasteiger partial charge in [-0.05, 0) is 62.8 Å². The first-order chi connectivity index (χ1) is 17.3. The van der Waals surface area contributed by atoms with Crippen molar-refractivity contribution in [3.8, 4) is 0 Å². The Morgan fingerprint density at radius 2 is 1.53 bits per heavy atom. The highest BCUT2D eigenvalue weighted by molar-refractivity contribution is 6.04. The zero-order chi connectivity index (χ0) is 26.1. The molecule has 0 amide bonds. The summed E-state index contributed by atoms with van der Waals surface area (Å²) in [6.45, 7) is 17.3. The molecular weight excluding hydrogens is 444 g/mol. The molecule has 2 aromatic carbocycles. The average Bonchev–Trinajstić information content (AvgIpc) is 2.87. The van der Waals surface area contributed by atoms with Crippen LogP contribution in [0.2, 0.25) is 0 Å². The Balaban J connectivity index is 2.11. The van der Waals surface area contributed by atoms with Crippen LogP contribution in [0.25, 0.3) is 0 Å². The molecule has 2 aromatic rings. The molecule has 0 aromatic heterocycles. The predicted octanol–water partition coefficient (Wildman–Crippen LogP) is 7.94. The molecule has 0 unspecified atom stereocenters. The molecule has 3 rings (SSSR count). The van der Waals surface area contributed by atoms with E-state index in [4.69, 9.17) is 9.47 Å². The van der Waals surface area contributed by atoms with Gasteiger partial charge in [0.15, 0.2) is 5.78 Å². The van der Waals surface area contributed by atoms with Gasteiger partial charge in [0.25, 0.3) is 0 Å². The summed E-state index contributed by atoms with van der Waals surface area (Å²) in [6, 6.07) is 20.3. The third-order valence-electron chi connectivity index (χ3n) is 7.05. The Morgan fingerprint density at radius 1 is 0.972 bits per heavy atom. The molecule has 0 N–H and O–H groups in total. The second-order valence-corrected chi connectivity index (χ2v) is 10.1. The van der Waals surface area contributed by atoms with Gasteiger partial charge in [-0.1, -0.05) is 98.0 Å². The van der Waals surface area contributed by atoms with Crippen molar-refractivity contribution in [3.05, 3.63) is 119 Å². The molecule has 3 atom stereocenters. The van der Waals surface area contributed by atoms with Crippen molar-refractivity contribution in [1.82, 2.24) is 0 Å². The molecule has 0 spiro atoms. The summed E-state index contributed by atoms with van der Waals surface area (Å²) in [5, 5.41) is 0. The number of hydrogen-bond donors (Lipinski definition) is 0. The van der Waals surface area contributed by atoms with Crippen LogP contribution in [0.5, 0.6) is 0 Å². The zero-order valence-corrected chi connectivity index (χ0v) is 22.3. The number of rotatable bonds is 12. The van der Waals surface area contributed by atoms with Crippen LogP contribution >= 0.6 is 0 Å². The summed E-state index contributed by atoms with van der Waals surface area (Å²) in [7, 11) is 0. The molecule has 36 heavy (non-hydrogen) atoms. The lowest BCUT2D eigenvalue weighted by atomic mass is 9.66. The van der Waals surface area contributed by atoms with Crippen LogP contribution in [-0.2, 0) is 27.5 Å². The molecule has 0 aliphatic heterocycles. The van der Waals surface area contributed by atoms with Crippen molar-refractivity contribution in [1.29, 1.82) is 0 Å². The monoisotopic (exact) mass is 484 g/mol. The van der Waals surface area contributed by atoms with Gasteiger partial charge in [-0.15, -0.1) is 0 Å². The lowest BCUT2D eigenvalue weighted by Crippen LogP contribution is -2.49. The lowest BCUT2D eigenvalue weighted by molar-refractivity contribution is -0.126. The fourth-order valence-corrected chi connectivity index (χ4v) is 5.27. The van der Waals surface area contributed by atoms with Gasteiger partial charge in [0, 0.05) is 11.0 Å². The van der Waals surface area contributed by atoms with Crippen molar-refractivity contribution in [2.75, 3.05) is 0 Å². The number of benzene rings is 2. The van der Waals surface area contributed by atoms with E-state index in [0.29, 0.717) is 13.2 Å². The summed E-state index contributed by atoms with van der Waals surface area (Å²) < 4.78 is 13.5. The first-order valence-electron chi connectivity index (χ1n) is 12.8. The van der Waals surface area contributed by atoms with E-state index < -0.39 is 17.6 Å². The number of carbonyl (C=O) groups is 1. The second-order valence-electron chi connectivity index (χ2n) is 10.1. The fraction of sp³-hybridized carbons (Fsp3) is 0.364. The number of carbonyl (C=O) groups excluding carboxylic acids is 1. The van der Waals surface area contributed by atoms with Crippen molar-refractivity contribution < 1.29 is 14.3 Å². The molecule has 0 heterocycles. The molecule has 0 saturated heterocycles. The average molecular weight is 485 g/mol. The topological polar surface area (TPSA) is 35.5 Å². The summed E-state index contributed by atoms with van der Waals surface area (Å²) in [5.41, 5.74) is 5.51. The smallest absolute Gasteiger partial charge is 0.181 e. The van der Waals surface area contributed by atoms with Crippen LogP contribution in [-0.4, -0.2) is 18.0 Å². The number of ketones is 1. The van der Waals surface area contributed by atoms with E-state index in [0.717, 1.165) is 52.7 Å². The van der Waals surface area contributed by atoms with Crippen LogP contribution in [0.3, 0.4) is 0 Å². The van der Waals surface area contributed by atoms with E-state index in [2.05, 4.69) is 64.3 Å². The van der Waals surface area contributed by atoms with Gasteiger partial charge < -0.3 is 9.47 Å². The Kier molecular flexibility index (Phi) is 9.81. The maximum Gasteiger partial charge on any atom is 0.181 e. The Hall–Kier alpha value is -3.01. The number of hydrogen-bond acceptors (Lipinski definition) is 3. The summed E-state index contributed by atoms with van der Waals surface area (Å²) in [4.78, 5) is 13.1. The largest absolute Gasteiger partial charge is 0.370 e. The first-order valence-corrected chi connectivity index (χ1v) is 12.8. The third-order valence-corrected chi connectivity index (χ3v) is 7.05. The van der Waals surface area contributed by atoms with Gasteiger partial charge in [0.2, 0.25) is 0 Å². The maximum absolute atomic E-state index is 13.1. The normalized spacial score (nSPS) is 19.1. The Morgan fingerprint density at radius 3 is 2.03 bits per heavy atom. The molecule has 0 fully saturated rings. The van der Waals surface area contributed by atoms with E-state index in [9.17, 15) is 4.79 Å². The van der Waals surface area contributed by atoms with Crippen LogP contribution in [0.15, 0.2) is 108 Å². The van der Waals surface area contributed by atoms with Crippen molar-refractivity contribution in [3.63, 3.8) is 0 Å².